The van der Waals surface area contributed by atoms with Crippen LogP contribution in [0.1, 0.15) is 80.6 Å². The highest BCUT2D eigenvalue weighted by atomic mass is 16.7. The number of imidazole rings is 1. The minimum absolute atomic E-state index is 0.102. The Kier molecular flexibility index (Phi) is 14.9. The Balaban J connectivity index is 1.46. The summed E-state index contributed by atoms with van der Waals surface area (Å²) < 4.78 is 33.2. The number of unbranched alkanes of at least 4 members (excludes halogenated alkanes) is 1. The number of aromatic nitrogens is 4. The maximum absolute atomic E-state index is 14.8. The molecule has 59 heavy (non-hydrogen) atoms. The summed E-state index contributed by atoms with van der Waals surface area (Å²) in [6, 6.07) is -1.19. The van der Waals surface area contributed by atoms with E-state index in [2.05, 4.69) is 21.5 Å². The lowest BCUT2D eigenvalue weighted by Crippen LogP contribution is -2.60. The number of aliphatic hydroxyl groups is 1. The zero-order valence-electron chi connectivity index (χ0n) is 36.3. The molecule has 2 aromatic rings. The van der Waals surface area contributed by atoms with Crippen molar-refractivity contribution in [3.05, 3.63) is 43.8 Å². The number of fused-ring (bicyclic) bond motifs is 1. The molecule has 3 aliphatic heterocycles. The lowest BCUT2D eigenvalue weighted by atomic mass is 9.72. The van der Waals surface area contributed by atoms with E-state index in [-0.39, 0.29) is 37.3 Å². The zero-order chi connectivity index (χ0) is 43.4. The van der Waals surface area contributed by atoms with E-state index < -0.39 is 83.4 Å². The monoisotopic (exact) mass is 824 g/mol. The van der Waals surface area contributed by atoms with Crippen LogP contribution in [-0.4, -0.2) is 140 Å². The molecule has 16 nitrogen and oxygen atoms in total. The van der Waals surface area contributed by atoms with Crippen molar-refractivity contribution in [2.45, 2.75) is 141 Å². The Hall–Kier alpha value is -4.09. The molecule has 5 heterocycles. The quantitative estimate of drug-likeness (QED) is 0.137. The summed E-state index contributed by atoms with van der Waals surface area (Å²) in [7, 11) is 5.22. The van der Waals surface area contributed by atoms with E-state index in [1.165, 1.54) is 20.1 Å². The summed E-state index contributed by atoms with van der Waals surface area (Å²) in [5, 5.41) is 11.5. The van der Waals surface area contributed by atoms with Gasteiger partial charge in [0, 0.05) is 62.6 Å². The van der Waals surface area contributed by atoms with Crippen molar-refractivity contribution < 1.29 is 48.0 Å². The molecule has 13 atom stereocenters. The Morgan fingerprint density at radius 2 is 1.73 bits per heavy atom. The van der Waals surface area contributed by atoms with E-state index in [0.29, 0.717) is 37.2 Å². The van der Waals surface area contributed by atoms with Gasteiger partial charge in [-0.3, -0.25) is 29.3 Å². The summed E-state index contributed by atoms with van der Waals surface area (Å²) in [5.41, 5.74) is -1.54. The number of cyclic esters (lactones) is 1. The molecule has 1 N–H and O–H groups in total. The molecular formula is C43H64N6O10. The molecule has 0 aliphatic carbocycles. The number of Topliss-reactive ketones (excluding diaryl/α,β-unsaturated/α-hetero) is 2. The van der Waals surface area contributed by atoms with Gasteiger partial charge >= 0.3 is 12.1 Å². The van der Waals surface area contributed by atoms with Crippen LogP contribution in [-0.2, 0) is 44.6 Å². The largest absolute Gasteiger partial charge is 0.457 e. The van der Waals surface area contributed by atoms with Gasteiger partial charge in [-0.2, -0.15) is 0 Å². The van der Waals surface area contributed by atoms with E-state index in [9.17, 15) is 24.3 Å². The molecule has 2 aromatic heterocycles. The van der Waals surface area contributed by atoms with Crippen LogP contribution in [0, 0.1) is 23.7 Å². The minimum Gasteiger partial charge on any atom is -0.457 e. The molecule has 5 rings (SSSR count). The Morgan fingerprint density at radius 3 is 2.36 bits per heavy atom. The maximum atomic E-state index is 14.8. The number of esters is 1. The van der Waals surface area contributed by atoms with E-state index >= 15 is 0 Å². The second-order valence-electron chi connectivity index (χ2n) is 17.0. The number of hydrogen-bond donors (Lipinski definition) is 1. The third kappa shape index (κ3) is 9.46. The molecule has 326 valence electrons. The average molecular weight is 825 g/mol. The van der Waals surface area contributed by atoms with Crippen LogP contribution < -0.4 is 0 Å². The van der Waals surface area contributed by atoms with Crippen LogP contribution in [0.25, 0.3) is 11.4 Å². The maximum Gasteiger partial charge on any atom is 0.411 e. The van der Waals surface area contributed by atoms with Crippen LogP contribution in [0.15, 0.2) is 43.8 Å². The predicted octanol–water partition coefficient (Wildman–Crippen LogP) is 4.49. The first-order valence-corrected chi connectivity index (χ1v) is 20.8. The highest BCUT2D eigenvalue weighted by molar-refractivity contribution is 6.00. The molecular weight excluding hydrogens is 761 g/mol. The molecule has 3 aliphatic rings. The van der Waals surface area contributed by atoms with Gasteiger partial charge in [-0.1, -0.05) is 34.3 Å². The Labute approximate surface area is 348 Å². The molecule has 0 bridgehead atoms. The highest BCUT2D eigenvalue weighted by Gasteiger charge is 2.61. The predicted molar refractivity (Wildman–Crippen MR) is 217 cm³/mol. The summed E-state index contributed by atoms with van der Waals surface area (Å²) >= 11 is 0. The number of aliphatic hydroxyl groups excluding tert-OH is 1. The fourth-order valence-corrected chi connectivity index (χ4v) is 9.31. The third-order valence-corrected chi connectivity index (χ3v) is 12.7. The second-order valence-corrected chi connectivity index (χ2v) is 17.0. The van der Waals surface area contributed by atoms with Gasteiger partial charge in [0.1, 0.15) is 35.3 Å². The van der Waals surface area contributed by atoms with Crippen molar-refractivity contribution >= 4 is 23.6 Å². The van der Waals surface area contributed by atoms with Crippen LogP contribution in [0.5, 0.6) is 0 Å². The van der Waals surface area contributed by atoms with Crippen LogP contribution in [0.3, 0.4) is 0 Å². The number of amides is 1. The lowest BCUT2D eigenvalue weighted by Gasteiger charge is -2.47. The fraction of sp³-hybridized carbons (Fsp3) is 0.698. The van der Waals surface area contributed by atoms with E-state index in [1.807, 2.05) is 36.7 Å². The van der Waals surface area contributed by atoms with Gasteiger partial charge < -0.3 is 38.3 Å². The number of likely N-dealkylation sites (N-methyl/N-ethyl adjacent to an activating group) is 1. The molecule has 0 radical (unpaired) electrons. The first-order valence-electron chi connectivity index (χ1n) is 20.8. The molecule has 0 spiro atoms. The minimum atomic E-state index is -1.60. The lowest BCUT2D eigenvalue weighted by molar-refractivity contribution is -0.295. The molecule has 0 saturated carbocycles. The van der Waals surface area contributed by atoms with Gasteiger partial charge in [-0.05, 0) is 73.0 Å². The summed E-state index contributed by atoms with van der Waals surface area (Å²) in [6.45, 7) is 17.0. The summed E-state index contributed by atoms with van der Waals surface area (Å²) in [5.74, 6) is -5.23. The van der Waals surface area contributed by atoms with Gasteiger partial charge in [0.25, 0.3) is 0 Å². The summed E-state index contributed by atoms with van der Waals surface area (Å²) in [4.78, 5) is 73.5. The van der Waals surface area contributed by atoms with Crippen molar-refractivity contribution in [3.63, 3.8) is 0 Å². The topological polar surface area (TPSA) is 185 Å². The van der Waals surface area contributed by atoms with Crippen LogP contribution in [0.2, 0.25) is 0 Å². The number of carbonyl (C=O) groups excluding carboxylic acids is 4. The van der Waals surface area contributed by atoms with Crippen molar-refractivity contribution in [1.29, 1.82) is 0 Å². The van der Waals surface area contributed by atoms with Gasteiger partial charge in [0.05, 0.1) is 36.4 Å². The Bertz CT molecular complexity index is 1790. The SMILES string of the molecule is C=C[C@]12OC(=O)N(CCCCn3cnc(-c4cnccn4)c3)[C@@H]1[C@@H](C)C(=O)[C@H](C)C[C@](C)(OC)C(O[C@H]1O[C@H](C)C[C@H](N(C)C)[C@H]1O)[C@@H](C)C(=O)[C@@H](C)C(=O)O[C@@H]2CC. The smallest absolute Gasteiger partial charge is 0.411 e. The van der Waals surface area contributed by atoms with Crippen molar-refractivity contribution in [3.8, 4) is 11.4 Å². The van der Waals surface area contributed by atoms with Crippen molar-refractivity contribution in [1.82, 2.24) is 29.3 Å². The average Bonchev–Trinajstić information content (AvgIpc) is 3.82. The molecule has 1 unspecified atom stereocenters. The van der Waals surface area contributed by atoms with Gasteiger partial charge in [-0.15, -0.1) is 0 Å². The van der Waals surface area contributed by atoms with Crippen molar-refractivity contribution in [2.24, 2.45) is 23.7 Å². The van der Waals surface area contributed by atoms with Crippen LogP contribution in [0.4, 0.5) is 4.79 Å². The first-order chi connectivity index (χ1) is 27.9. The number of ketones is 2. The molecule has 3 fully saturated rings. The van der Waals surface area contributed by atoms with E-state index in [0.717, 1.165) is 0 Å². The number of aryl methyl sites for hydroxylation is 1. The third-order valence-electron chi connectivity index (χ3n) is 12.7. The molecule has 0 aromatic carbocycles. The van der Waals surface area contributed by atoms with Gasteiger partial charge in [-0.25, -0.2) is 9.78 Å². The van der Waals surface area contributed by atoms with E-state index in [1.54, 1.807) is 64.4 Å². The van der Waals surface area contributed by atoms with E-state index in [4.69, 9.17) is 23.7 Å². The van der Waals surface area contributed by atoms with Gasteiger partial charge in [0.2, 0.25) is 0 Å². The number of methoxy groups -OCH3 is 1. The number of nitrogens with zero attached hydrogens (tertiary/aromatic N) is 6. The standard InChI is InChI=1S/C43H64N6O10/c1-12-33-43(13-2)37(49(41(54)59-43)19-15-14-18-48-23-31(46-24-48)30-22-44-16-17-45-30)27(5)34(50)25(3)21-42(8,55-11)38(28(6)35(51)29(7)39(53)57-33)58-40-36(52)32(47(9)10)20-26(4)56-40/h13,16-17,22-29,32-33,36-38,40,52H,2,12,14-15,18-21H2,1,3-11H3/t25-,26-,27+,28+,29-,32+,33-,36-,37-,38?,40-,42+,43-/m1/s1. The molecule has 3 saturated heterocycles. The molecule has 1 amide bonds. The van der Waals surface area contributed by atoms with Crippen molar-refractivity contribution in [2.75, 3.05) is 27.7 Å². The van der Waals surface area contributed by atoms with Gasteiger partial charge in [0.15, 0.2) is 17.7 Å². The number of ether oxygens (including phenoxy) is 5. The van der Waals surface area contributed by atoms with Crippen LogP contribution >= 0.6 is 0 Å². The normalized spacial score (nSPS) is 36.2. The number of hydrogen-bond acceptors (Lipinski definition) is 14. The zero-order valence-corrected chi connectivity index (χ0v) is 36.3. The molecule has 16 heteroatoms. The first kappa shape index (κ1) is 46.0. The highest BCUT2D eigenvalue weighted by Crippen LogP contribution is 2.44. The second kappa shape index (κ2) is 19.1. The number of carbonyl (C=O) groups is 4. The Morgan fingerprint density at radius 1 is 1.02 bits per heavy atom. The number of rotatable bonds is 12. The summed E-state index contributed by atoms with van der Waals surface area (Å²) in [6.07, 6.45) is 6.76. The fourth-order valence-electron chi connectivity index (χ4n) is 9.31.